The van der Waals surface area contributed by atoms with Crippen LogP contribution in [0.15, 0.2) is 23.3 Å². The van der Waals surface area contributed by atoms with Gasteiger partial charge in [0, 0.05) is 12.1 Å². The first-order chi connectivity index (χ1) is 12.7. The molecule has 7 nitrogen and oxygen atoms in total. The Morgan fingerprint density at radius 2 is 1.96 bits per heavy atom. The number of carbonyl (C=O) groups is 2. The zero-order chi connectivity index (χ0) is 21.3. The van der Waals surface area contributed by atoms with Crippen LogP contribution in [0.1, 0.15) is 39.7 Å². The lowest BCUT2D eigenvalue weighted by molar-refractivity contribution is -0.146. The number of benzene rings is 1. The molecule has 1 unspecified atom stereocenters. The predicted octanol–water partition coefficient (Wildman–Crippen LogP) is 3.64. The van der Waals surface area contributed by atoms with E-state index < -0.39 is 40.4 Å². The molecule has 0 saturated heterocycles. The van der Waals surface area contributed by atoms with Crippen LogP contribution in [0.3, 0.4) is 0 Å². The molecule has 1 aliphatic rings. The predicted molar refractivity (Wildman–Crippen MR) is 95.8 cm³/mol. The van der Waals surface area contributed by atoms with E-state index >= 15 is 0 Å². The van der Waals surface area contributed by atoms with Gasteiger partial charge in [-0.1, -0.05) is 6.07 Å². The number of hydrazone groups is 1. The number of anilines is 1. The van der Waals surface area contributed by atoms with Gasteiger partial charge in [0.25, 0.3) is 5.91 Å². The SMILES string of the molecule is [C-]#[N+]c1ccc(NC(=O)C2(C)CC(C(=O)OC(C)(C)C)=NN2)cc1C(F)(F)F. The van der Waals surface area contributed by atoms with Crippen LogP contribution in [0.2, 0.25) is 0 Å². The van der Waals surface area contributed by atoms with Crippen LogP contribution in [0, 0.1) is 6.57 Å². The van der Waals surface area contributed by atoms with Gasteiger partial charge in [0.15, 0.2) is 5.69 Å². The Morgan fingerprint density at radius 3 is 2.50 bits per heavy atom. The van der Waals surface area contributed by atoms with Gasteiger partial charge in [-0.25, -0.2) is 9.64 Å². The summed E-state index contributed by atoms with van der Waals surface area (Å²) in [7, 11) is 0. The summed E-state index contributed by atoms with van der Waals surface area (Å²) in [6.45, 7) is 13.4. The van der Waals surface area contributed by atoms with E-state index in [2.05, 4.69) is 20.7 Å². The van der Waals surface area contributed by atoms with Crippen molar-refractivity contribution in [2.45, 2.75) is 51.4 Å². The maximum Gasteiger partial charge on any atom is 0.407 e. The molecule has 0 aliphatic carbocycles. The molecule has 0 spiro atoms. The van der Waals surface area contributed by atoms with Crippen molar-refractivity contribution in [1.29, 1.82) is 0 Å². The normalized spacial score (nSPS) is 19.3. The Balaban J connectivity index is 2.14. The van der Waals surface area contributed by atoms with E-state index in [1.165, 1.54) is 13.0 Å². The number of nitrogens with one attached hydrogen (secondary N) is 2. The number of carbonyl (C=O) groups excluding carboxylic acids is 2. The number of alkyl halides is 3. The number of hydrogen-bond donors (Lipinski definition) is 2. The van der Waals surface area contributed by atoms with Gasteiger partial charge in [0.1, 0.15) is 16.9 Å². The molecule has 28 heavy (non-hydrogen) atoms. The number of esters is 1. The number of nitrogens with zero attached hydrogens (tertiary/aromatic N) is 2. The summed E-state index contributed by atoms with van der Waals surface area (Å²) >= 11 is 0. The molecule has 0 saturated carbocycles. The van der Waals surface area contributed by atoms with Gasteiger partial charge in [0.05, 0.1) is 12.1 Å². The molecule has 0 fully saturated rings. The van der Waals surface area contributed by atoms with Crippen LogP contribution in [0.5, 0.6) is 0 Å². The third-order valence-corrected chi connectivity index (χ3v) is 3.77. The Kier molecular flexibility index (Phi) is 5.41. The number of ether oxygens (including phenoxy) is 1. The van der Waals surface area contributed by atoms with E-state index in [0.29, 0.717) is 6.07 Å². The summed E-state index contributed by atoms with van der Waals surface area (Å²) in [5.74, 6) is -1.37. The number of halogens is 3. The molecule has 1 atom stereocenters. The smallest absolute Gasteiger partial charge is 0.407 e. The molecule has 1 aliphatic heterocycles. The minimum absolute atomic E-state index is 0.00640. The van der Waals surface area contributed by atoms with Crippen molar-refractivity contribution in [2.75, 3.05) is 5.32 Å². The zero-order valence-corrected chi connectivity index (χ0v) is 15.7. The van der Waals surface area contributed by atoms with Gasteiger partial charge in [-0.2, -0.15) is 18.3 Å². The van der Waals surface area contributed by atoms with E-state index in [9.17, 15) is 22.8 Å². The van der Waals surface area contributed by atoms with Gasteiger partial charge in [0.2, 0.25) is 0 Å². The molecular formula is C18H19F3N4O3. The number of amides is 1. The fourth-order valence-corrected chi connectivity index (χ4v) is 2.40. The van der Waals surface area contributed by atoms with Gasteiger partial charge in [-0.05, 0) is 39.8 Å². The zero-order valence-electron chi connectivity index (χ0n) is 15.7. The summed E-state index contributed by atoms with van der Waals surface area (Å²) in [5.41, 5.74) is -1.37. The van der Waals surface area contributed by atoms with Gasteiger partial charge in [-0.3, -0.25) is 10.2 Å². The molecule has 1 aromatic carbocycles. The molecule has 150 valence electrons. The first kappa shape index (κ1) is 21.2. The molecule has 0 radical (unpaired) electrons. The highest BCUT2D eigenvalue weighted by atomic mass is 19.4. The van der Waals surface area contributed by atoms with E-state index in [1.807, 2.05) is 0 Å². The second-order valence-electron chi connectivity index (χ2n) is 7.48. The summed E-state index contributed by atoms with van der Waals surface area (Å²) in [6.07, 6.45) is -4.83. The summed E-state index contributed by atoms with van der Waals surface area (Å²) in [4.78, 5) is 27.5. The standard InChI is InChI=1S/C18H19F3N4O3/c1-16(2,3)28-14(26)13-9-17(4,25-24-13)15(27)23-10-6-7-12(22-5)11(8-10)18(19,20)21/h6-8,25H,9H2,1-4H3,(H,23,27). The van der Waals surface area contributed by atoms with Crippen molar-refractivity contribution in [2.24, 2.45) is 5.10 Å². The van der Waals surface area contributed by atoms with Crippen molar-refractivity contribution in [3.63, 3.8) is 0 Å². The van der Waals surface area contributed by atoms with Crippen LogP contribution in [0.4, 0.5) is 24.5 Å². The molecule has 1 amide bonds. The lowest BCUT2D eigenvalue weighted by Gasteiger charge is -2.23. The molecule has 1 heterocycles. The van der Waals surface area contributed by atoms with E-state index in [0.717, 1.165) is 6.07 Å². The maximum absolute atomic E-state index is 13.1. The minimum atomic E-state index is -4.73. The molecule has 2 N–H and O–H groups in total. The largest absolute Gasteiger partial charge is 0.455 e. The molecule has 10 heteroatoms. The minimum Gasteiger partial charge on any atom is -0.455 e. The second-order valence-corrected chi connectivity index (χ2v) is 7.48. The highest BCUT2D eigenvalue weighted by molar-refractivity contribution is 6.38. The Labute approximate surface area is 159 Å². The summed E-state index contributed by atoms with van der Waals surface area (Å²) in [5, 5.41) is 6.20. The average molecular weight is 396 g/mol. The highest BCUT2D eigenvalue weighted by Crippen LogP contribution is 2.38. The quantitative estimate of drug-likeness (QED) is 0.604. The average Bonchev–Trinajstić information content (AvgIpc) is 2.96. The van der Waals surface area contributed by atoms with Gasteiger partial charge < -0.3 is 10.1 Å². The first-order valence-electron chi connectivity index (χ1n) is 8.22. The van der Waals surface area contributed by atoms with Crippen molar-refractivity contribution >= 4 is 29.0 Å². The Hall–Kier alpha value is -3.09. The molecular weight excluding hydrogens is 377 g/mol. The monoisotopic (exact) mass is 396 g/mol. The fourth-order valence-electron chi connectivity index (χ4n) is 2.40. The second kappa shape index (κ2) is 7.14. The topological polar surface area (TPSA) is 84.2 Å². The summed E-state index contributed by atoms with van der Waals surface area (Å²) < 4.78 is 44.4. The van der Waals surface area contributed by atoms with Gasteiger partial charge in [-0.15, -0.1) is 0 Å². The van der Waals surface area contributed by atoms with Crippen LogP contribution < -0.4 is 10.7 Å². The molecule has 1 aromatic rings. The highest BCUT2D eigenvalue weighted by Gasteiger charge is 2.42. The van der Waals surface area contributed by atoms with Crippen LogP contribution in [-0.2, 0) is 20.5 Å². The molecule has 0 bridgehead atoms. The van der Waals surface area contributed by atoms with Crippen molar-refractivity contribution < 1.29 is 27.5 Å². The van der Waals surface area contributed by atoms with E-state index in [4.69, 9.17) is 11.3 Å². The number of hydrogen-bond acceptors (Lipinski definition) is 5. The Bertz CT molecular complexity index is 882. The maximum atomic E-state index is 13.1. The van der Waals surface area contributed by atoms with Crippen LogP contribution in [-0.4, -0.2) is 28.7 Å². The first-order valence-corrected chi connectivity index (χ1v) is 8.22. The lowest BCUT2D eigenvalue weighted by Crippen LogP contribution is -2.48. The van der Waals surface area contributed by atoms with Crippen LogP contribution in [0.25, 0.3) is 4.85 Å². The Morgan fingerprint density at radius 1 is 1.32 bits per heavy atom. The van der Waals surface area contributed by atoms with Crippen molar-refractivity contribution in [1.82, 2.24) is 5.43 Å². The summed E-state index contributed by atoms with van der Waals surface area (Å²) in [6, 6.07) is 2.88. The van der Waals surface area contributed by atoms with Crippen LogP contribution >= 0.6 is 0 Å². The van der Waals surface area contributed by atoms with E-state index in [-0.39, 0.29) is 17.8 Å². The van der Waals surface area contributed by atoms with Gasteiger partial charge >= 0.3 is 12.1 Å². The van der Waals surface area contributed by atoms with Crippen molar-refractivity contribution in [3.8, 4) is 0 Å². The third kappa shape index (κ3) is 4.79. The third-order valence-electron chi connectivity index (χ3n) is 3.77. The fraction of sp³-hybridized carbons (Fsp3) is 0.444. The van der Waals surface area contributed by atoms with E-state index in [1.54, 1.807) is 20.8 Å². The lowest BCUT2D eigenvalue weighted by atomic mass is 9.95. The van der Waals surface area contributed by atoms with Crippen molar-refractivity contribution in [3.05, 3.63) is 35.2 Å². The molecule has 0 aromatic heterocycles. The molecule has 2 rings (SSSR count). The number of rotatable bonds is 3.